The maximum atomic E-state index is 12.8. The van der Waals surface area contributed by atoms with Gasteiger partial charge in [-0.15, -0.1) is 0 Å². The molecule has 9 heteroatoms. The third kappa shape index (κ3) is 3.81. The van der Waals surface area contributed by atoms with Crippen molar-refractivity contribution in [1.29, 1.82) is 0 Å². The molecular weight excluding hydrogens is 403 g/mol. The van der Waals surface area contributed by atoms with E-state index in [-0.39, 0.29) is 0 Å². The summed E-state index contributed by atoms with van der Waals surface area (Å²) in [6, 6.07) is 8.96. The number of hydrogen-bond acceptors (Lipinski definition) is 4. The van der Waals surface area contributed by atoms with Crippen LogP contribution in [-0.2, 0) is 15.1 Å². The maximum Gasteiger partial charge on any atom is 0.325 e. The van der Waals surface area contributed by atoms with Gasteiger partial charge in [0.2, 0.25) is 5.91 Å². The number of urea groups is 1. The number of benzene rings is 1. The molecule has 0 spiro atoms. The zero-order valence-electron chi connectivity index (χ0n) is 15.2. The minimum absolute atomic E-state index is 0.401. The molecule has 146 valence electrons. The number of aromatic nitrogens is 1. The Morgan fingerprint density at radius 1 is 1.29 bits per heavy atom. The number of halogens is 2. The molecule has 1 aliphatic heterocycles. The summed E-state index contributed by atoms with van der Waals surface area (Å²) in [5, 5.41) is 6.25. The molecule has 1 aliphatic rings. The summed E-state index contributed by atoms with van der Waals surface area (Å²) in [5.41, 5.74) is -0.239. The van der Waals surface area contributed by atoms with E-state index in [0.717, 1.165) is 4.90 Å². The number of rotatable bonds is 5. The van der Waals surface area contributed by atoms with Gasteiger partial charge in [-0.3, -0.25) is 19.5 Å². The van der Waals surface area contributed by atoms with Crippen molar-refractivity contribution in [3.05, 3.63) is 63.9 Å². The molecule has 3 rings (SSSR count). The van der Waals surface area contributed by atoms with Crippen molar-refractivity contribution in [2.24, 2.45) is 0 Å². The van der Waals surface area contributed by atoms with E-state index in [1.807, 2.05) is 0 Å². The molecule has 4 amide bonds. The Morgan fingerprint density at radius 2 is 2.04 bits per heavy atom. The Labute approximate surface area is 172 Å². The molecule has 7 nitrogen and oxygen atoms in total. The topological polar surface area (TPSA) is 91.4 Å². The van der Waals surface area contributed by atoms with Gasteiger partial charge in [-0.05, 0) is 43.7 Å². The Balaban J connectivity index is 1.70. The second kappa shape index (κ2) is 7.77. The number of amides is 4. The first-order valence-corrected chi connectivity index (χ1v) is 9.28. The van der Waals surface area contributed by atoms with E-state index in [0.29, 0.717) is 21.3 Å². The molecule has 1 aromatic carbocycles. The first-order valence-electron chi connectivity index (χ1n) is 8.52. The van der Waals surface area contributed by atoms with Crippen LogP contribution in [0, 0.1) is 0 Å². The van der Waals surface area contributed by atoms with E-state index in [1.54, 1.807) is 50.2 Å². The molecule has 1 saturated heterocycles. The van der Waals surface area contributed by atoms with Gasteiger partial charge in [0.05, 0.1) is 11.7 Å². The van der Waals surface area contributed by atoms with Gasteiger partial charge in [0.25, 0.3) is 5.91 Å². The Hall–Kier alpha value is -2.64. The highest BCUT2D eigenvalue weighted by molar-refractivity contribution is 6.35. The van der Waals surface area contributed by atoms with Gasteiger partial charge < -0.3 is 10.6 Å². The number of nitrogens with one attached hydrogen (secondary N) is 2. The second-order valence-corrected chi connectivity index (χ2v) is 7.46. The van der Waals surface area contributed by atoms with Crippen LogP contribution in [0.15, 0.2) is 42.6 Å². The SMILES string of the molecule is C[C@@H](NC(=O)CN1C(=O)N[C@](C)(c2ccccn2)C1=O)c1ccc(Cl)cc1Cl. The summed E-state index contributed by atoms with van der Waals surface area (Å²) in [6.45, 7) is 2.89. The van der Waals surface area contributed by atoms with Crippen molar-refractivity contribution in [2.75, 3.05) is 6.54 Å². The number of carbonyl (C=O) groups is 3. The number of imide groups is 1. The molecule has 2 heterocycles. The van der Waals surface area contributed by atoms with E-state index in [4.69, 9.17) is 23.2 Å². The van der Waals surface area contributed by atoms with Crippen molar-refractivity contribution < 1.29 is 14.4 Å². The molecule has 2 atom stereocenters. The monoisotopic (exact) mass is 420 g/mol. The maximum absolute atomic E-state index is 12.8. The van der Waals surface area contributed by atoms with Gasteiger partial charge in [0.15, 0.2) is 5.54 Å². The molecule has 1 fully saturated rings. The van der Waals surface area contributed by atoms with E-state index in [1.165, 1.54) is 6.20 Å². The van der Waals surface area contributed by atoms with Crippen molar-refractivity contribution >= 4 is 41.0 Å². The first kappa shape index (κ1) is 20.1. The Kier molecular flexibility index (Phi) is 5.58. The van der Waals surface area contributed by atoms with Crippen LogP contribution in [0.1, 0.15) is 31.1 Å². The van der Waals surface area contributed by atoms with Crippen molar-refractivity contribution in [3.8, 4) is 0 Å². The van der Waals surface area contributed by atoms with Crippen LogP contribution in [0.2, 0.25) is 10.0 Å². The minimum Gasteiger partial charge on any atom is -0.348 e. The number of hydrogen-bond donors (Lipinski definition) is 2. The molecular formula is C19H18Cl2N4O3. The molecule has 0 bridgehead atoms. The molecule has 0 radical (unpaired) electrons. The Morgan fingerprint density at radius 3 is 2.68 bits per heavy atom. The highest BCUT2D eigenvalue weighted by atomic mass is 35.5. The van der Waals surface area contributed by atoms with E-state index in [9.17, 15) is 14.4 Å². The predicted molar refractivity (Wildman–Crippen MR) is 105 cm³/mol. The van der Waals surface area contributed by atoms with Crippen LogP contribution < -0.4 is 10.6 Å². The molecule has 0 saturated carbocycles. The van der Waals surface area contributed by atoms with Crippen LogP contribution in [-0.4, -0.2) is 34.3 Å². The van der Waals surface area contributed by atoms with E-state index >= 15 is 0 Å². The summed E-state index contributed by atoms with van der Waals surface area (Å²) in [7, 11) is 0. The van der Waals surface area contributed by atoms with Crippen molar-refractivity contribution in [3.63, 3.8) is 0 Å². The van der Waals surface area contributed by atoms with Gasteiger partial charge in [0, 0.05) is 16.2 Å². The summed E-state index contributed by atoms with van der Waals surface area (Å²) in [5.74, 6) is -1.03. The van der Waals surface area contributed by atoms with Crippen molar-refractivity contribution in [1.82, 2.24) is 20.5 Å². The largest absolute Gasteiger partial charge is 0.348 e. The zero-order valence-corrected chi connectivity index (χ0v) is 16.7. The lowest BCUT2D eigenvalue weighted by Crippen LogP contribution is -2.44. The highest BCUT2D eigenvalue weighted by Gasteiger charge is 2.50. The number of pyridine rings is 1. The van der Waals surface area contributed by atoms with Crippen LogP contribution in [0.4, 0.5) is 4.79 Å². The van der Waals surface area contributed by atoms with Crippen LogP contribution in [0.5, 0.6) is 0 Å². The zero-order chi connectivity index (χ0) is 20.5. The summed E-state index contributed by atoms with van der Waals surface area (Å²) in [6.07, 6.45) is 1.53. The fraction of sp³-hybridized carbons (Fsp3) is 0.263. The molecule has 28 heavy (non-hydrogen) atoms. The fourth-order valence-electron chi connectivity index (χ4n) is 3.03. The Bertz CT molecular complexity index is 938. The van der Waals surface area contributed by atoms with Gasteiger partial charge >= 0.3 is 6.03 Å². The lowest BCUT2D eigenvalue weighted by atomic mass is 9.97. The van der Waals surface area contributed by atoms with Crippen LogP contribution in [0.3, 0.4) is 0 Å². The third-order valence-corrected chi connectivity index (χ3v) is 5.12. The average molecular weight is 421 g/mol. The molecule has 2 aromatic rings. The quantitative estimate of drug-likeness (QED) is 0.727. The first-order chi connectivity index (χ1) is 13.2. The third-order valence-electron chi connectivity index (χ3n) is 4.56. The van der Waals surface area contributed by atoms with Gasteiger partial charge in [-0.25, -0.2) is 4.79 Å². The molecule has 1 aromatic heterocycles. The number of carbonyl (C=O) groups excluding carboxylic acids is 3. The van der Waals surface area contributed by atoms with Crippen molar-refractivity contribution in [2.45, 2.75) is 25.4 Å². The fourth-order valence-corrected chi connectivity index (χ4v) is 3.61. The molecule has 0 aliphatic carbocycles. The lowest BCUT2D eigenvalue weighted by molar-refractivity contribution is -0.135. The van der Waals surface area contributed by atoms with Gasteiger partial charge in [0.1, 0.15) is 6.54 Å². The van der Waals surface area contributed by atoms with E-state index < -0.39 is 36.0 Å². The van der Waals surface area contributed by atoms with Gasteiger partial charge in [-0.2, -0.15) is 0 Å². The molecule has 0 unspecified atom stereocenters. The molecule has 2 N–H and O–H groups in total. The smallest absolute Gasteiger partial charge is 0.325 e. The minimum atomic E-state index is -1.32. The van der Waals surface area contributed by atoms with Gasteiger partial charge in [-0.1, -0.05) is 35.3 Å². The van der Waals surface area contributed by atoms with Crippen LogP contribution in [0.25, 0.3) is 0 Å². The van der Waals surface area contributed by atoms with E-state index in [2.05, 4.69) is 15.6 Å². The standard InChI is InChI=1S/C19H18Cl2N4O3/c1-11(13-7-6-12(20)9-14(13)21)23-16(26)10-25-17(27)19(2,24-18(25)28)15-5-3-4-8-22-15/h3-9,11H,10H2,1-2H3,(H,23,26)(H,24,28)/t11-,19-/m1/s1. The second-order valence-electron chi connectivity index (χ2n) is 6.62. The number of nitrogens with zero attached hydrogens (tertiary/aromatic N) is 2. The average Bonchev–Trinajstić information content (AvgIpc) is 2.86. The predicted octanol–water partition coefficient (Wildman–Crippen LogP) is 3.03. The lowest BCUT2D eigenvalue weighted by Gasteiger charge is -2.21. The normalized spacial score (nSPS) is 20.1. The summed E-state index contributed by atoms with van der Waals surface area (Å²) >= 11 is 12.0. The van der Waals surface area contributed by atoms with Crippen LogP contribution >= 0.6 is 23.2 Å². The summed E-state index contributed by atoms with van der Waals surface area (Å²) < 4.78 is 0. The highest BCUT2D eigenvalue weighted by Crippen LogP contribution is 2.28. The summed E-state index contributed by atoms with van der Waals surface area (Å²) in [4.78, 5) is 42.6.